The van der Waals surface area contributed by atoms with Crippen LogP contribution in [0, 0.1) is 13.8 Å². The van der Waals surface area contributed by atoms with Crippen molar-refractivity contribution in [1.29, 1.82) is 0 Å². The van der Waals surface area contributed by atoms with Gasteiger partial charge >= 0.3 is 0 Å². The standard InChI is InChI=1S/C28H27N5O5S2/c1-18-15-27(30-20(3)29-18)32-39(35,36)24-13-11-23(12-14-24)31-28(34)22-8-6-9-25(17-22)40(37,38)33-19(2)16-21-7-4-5-10-26(21)33/h4-15,17,19H,16H2,1-3H3,(H,31,34)(H,29,30,32)/t19-/m0/s1. The first-order valence-electron chi connectivity index (χ1n) is 12.4. The zero-order valence-corrected chi connectivity index (χ0v) is 23.6. The number of sulfonamides is 2. The van der Waals surface area contributed by atoms with E-state index < -0.39 is 26.0 Å². The van der Waals surface area contributed by atoms with Gasteiger partial charge in [0.1, 0.15) is 11.6 Å². The van der Waals surface area contributed by atoms with E-state index in [0.717, 1.165) is 5.56 Å². The van der Waals surface area contributed by atoms with Crippen molar-refractivity contribution in [2.75, 3.05) is 14.3 Å². The van der Waals surface area contributed by atoms with Crippen molar-refractivity contribution in [2.45, 2.75) is 43.0 Å². The van der Waals surface area contributed by atoms with Crippen LogP contribution in [0.15, 0.2) is 88.7 Å². The Morgan fingerprint density at radius 3 is 2.33 bits per heavy atom. The summed E-state index contributed by atoms with van der Waals surface area (Å²) < 4.78 is 56.6. The monoisotopic (exact) mass is 577 g/mol. The average Bonchev–Trinajstić information content (AvgIpc) is 3.24. The van der Waals surface area contributed by atoms with Crippen LogP contribution in [0.2, 0.25) is 0 Å². The Balaban J connectivity index is 1.32. The molecule has 40 heavy (non-hydrogen) atoms. The number of aromatic nitrogens is 2. The molecule has 0 fully saturated rings. The first-order valence-corrected chi connectivity index (χ1v) is 15.4. The third kappa shape index (κ3) is 5.40. The van der Waals surface area contributed by atoms with Crippen molar-refractivity contribution in [3.8, 4) is 0 Å². The summed E-state index contributed by atoms with van der Waals surface area (Å²) in [4.78, 5) is 21.2. The lowest BCUT2D eigenvalue weighted by molar-refractivity contribution is 0.102. The summed E-state index contributed by atoms with van der Waals surface area (Å²) in [6.07, 6.45) is 0.606. The molecule has 1 amide bonds. The molecule has 2 heterocycles. The number of carbonyl (C=O) groups excluding carboxylic acids is 1. The fourth-order valence-corrected chi connectivity index (χ4v) is 7.43. The maximum Gasteiger partial charge on any atom is 0.264 e. The van der Waals surface area contributed by atoms with E-state index in [0.29, 0.717) is 29.3 Å². The topological polar surface area (TPSA) is 138 Å². The molecule has 0 aliphatic carbocycles. The summed E-state index contributed by atoms with van der Waals surface area (Å²) in [5, 5.41) is 2.69. The normalized spacial score (nSPS) is 15.0. The molecule has 3 aromatic carbocycles. The first-order chi connectivity index (χ1) is 18.9. The molecule has 12 heteroatoms. The van der Waals surface area contributed by atoms with Crippen LogP contribution >= 0.6 is 0 Å². The number of hydrogen-bond acceptors (Lipinski definition) is 7. The molecule has 206 valence electrons. The molecule has 0 spiro atoms. The minimum absolute atomic E-state index is 0.00594. The molecule has 1 atom stereocenters. The maximum atomic E-state index is 13.6. The van der Waals surface area contributed by atoms with Crippen LogP contribution in [0.5, 0.6) is 0 Å². The van der Waals surface area contributed by atoms with E-state index in [1.807, 2.05) is 19.1 Å². The molecule has 0 saturated carbocycles. The molecule has 5 rings (SSSR count). The summed E-state index contributed by atoms with van der Waals surface area (Å²) in [5.74, 6) is 0.0593. The number of rotatable bonds is 7. The summed E-state index contributed by atoms with van der Waals surface area (Å²) >= 11 is 0. The lowest BCUT2D eigenvalue weighted by Crippen LogP contribution is -2.35. The summed E-state index contributed by atoms with van der Waals surface area (Å²) in [6.45, 7) is 5.25. The predicted octanol–water partition coefficient (Wildman–Crippen LogP) is 4.29. The van der Waals surface area contributed by atoms with E-state index in [-0.39, 0.29) is 27.2 Å². The van der Waals surface area contributed by atoms with E-state index in [4.69, 9.17) is 0 Å². The van der Waals surface area contributed by atoms with Crippen molar-refractivity contribution in [1.82, 2.24) is 9.97 Å². The SMILES string of the molecule is Cc1cc(NS(=O)(=O)c2ccc(NC(=O)c3cccc(S(=O)(=O)N4c5ccccc5C[C@@H]4C)c3)cc2)nc(C)n1. The maximum absolute atomic E-state index is 13.6. The van der Waals surface area contributed by atoms with Crippen LogP contribution in [0.3, 0.4) is 0 Å². The second-order valence-corrected chi connectivity index (χ2v) is 13.0. The Kier molecular flexibility index (Phi) is 7.06. The van der Waals surface area contributed by atoms with Gasteiger partial charge < -0.3 is 5.32 Å². The molecule has 10 nitrogen and oxygen atoms in total. The molecular weight excluding hydrogens is 550 g/mol. The van der Waals surface area contributed by atoms with Gasteiger partial charge in [0.15, 0.2) is 0 Å². The quantitative estimate of drug-likeness (QED) is 0.334. The summed E-state index contributed by atoms with van der Waals surface area (Å²) in [5.41, 5.74) is 2.71. The lowest BCUT2D eigenvalue weighted by Gasteiger charge is -2.24. The third-order valence-electron chi connectivity index (χ3n) is 6.43. The minimum Gasteiger partial charge on any atom is -0.322 e. The third-order valence-corrected chi connectivity index (χ3v) is 9.72. The Morgan fingerprint density at radius 2 is 1.60 bits per heavy atom. The minimum atomic E-state index is -3.92. The van der Waals surface area contributed by atoms with Crippen LogP contribution in [0.25, 0.3) is 0 Å². The van der Waals surface area contributed by atoms with Crippen LogP contribution in [-0.4, -0.2) is 38.8 Å². The Hall–Kier alpha value is -4.29. The zero-order valence-electron chi connectivity index (χ0n) is 22.0. The lowest BCUT2D eigenvalue weighted by atomic mass is 10.1. The second-order valence-electron chi connectivity index (χ2n) is 9.54. The van der Waals surface area contributed by atoms with Gasteiger partial charge in [-0.2, -0.15) is 0 Å². The predicted molar refractivity (Wildman–Crippen MR) is 152 cm³/mol. The Bertz CT molecular complexity index is 1800. The molecule has 1 aliphatic heterocycles. The summed E-state index contributed by atoms with van der Waals surface area (Å²) in [7, 11) is -7.84. The largest absolute Gasteiger partial charge is 0.322 e. The number of aryl methyl sites for hydroxylation is 2. The molecule has 0 unspecified atom stereocenters. The number of amides is 1. The van der Waals surface area contributed by atoms with Crippen molar-refractivity contribution in [3.63, 3.8) is 0 Å². The molecule has 2 N–H and O–H groups in total. The van der Waals surface area contributed by atoms with Gasteiger partial charge in [0.25, 0.3) is 26.0 Å². The Labute approximate surface area is 233 Å². The van der Waals surface area contributed by atoms with Crippen molar-refractivity contribution >= 4 is 43.1 Å². The number of nitrogens with zero attached hydrogens (tertiary/aromatic N) is 3. The first kappa shape index (κ1) is 27.3. The van der Waals surface area contributed by atoms with Crippen LogP contribution in [-0.2, 0) is 26.5 Å². The van der Waals surface area contributed by atoms with Gasteiger partial charge in [-0.15, -0.1) is 0 Å². The van der Waals surface area contributed by atoms with E-state index >= 15 is 0 Å². The molecular formula is C28H27N5O5S2. The highest BCUT2D eigenvalue weighted by Crippen LogP contribution is 2.36. The van der Waals surface area contributed by atoms with Gasteiger partial charge in [-0.1, -0.05) is 24.3 Å². The molecule has 1 aromatic heterocycles. The van der Waals surface area contributed by atoms with Crippen LogP contribution in [0.1, 0.15) is 34.4 Å². The van der Waals surface area contributed by atoms with Gasteiger partial charge in [-0.05, 0) is 81.3 Å². The summed E-state index contributed by atoms with van der Waals surface area (Å²) in [6, 6.07) is 20.1. The highest BCUT2D eigenvalue weighted by atomic mass is 32.2. The van der Waals surface area contributed by atoms with E-state index in [9.17, 15) is 21.6 Å². The molecule has 4 aromatic rings. The smallest absolute Gasteiger partial charge is 0.264 e. The number of fused-ring (bicyclic) bond motifs is 1. The van der Waals surface area contributed by atoms with E-state index in [1.165, 1.54) is 58.9 Å². The van der Waals surface area contributed by atoms with Gasteiger partial charge in [0.05, 0.1) is 15.5 Å². The molecule has 0 radical (unpaired) electrons. The highest BCUT2D eigenvalue weighted by molar-refractivity contribution is 7.93. The van der Waals surface area contributed by atoms with Crippen LogP contribution in [0.4, 0.5) is 17.2 Å². The van der Waals surface area contributed by atoms with Gasteiger partial charge in [-0.3, -0.25) is 13.8 Å². The number of anilines is 3. The van der Waals surface area contributed by atoms with Crippen molar-refractivity contribution < 1.29 is 21.6 Å². The fourth-order valence-electron chi connectivity index (χ4n) is 4.70. The Morgan fingerprint density at radius 1 is 0.875 bits per heavy atom. The van der Waals surface area contributed by atoms with Crippen molar-refractivity contribution in [2.24, 2.45) is 0 Å². The number of nitrogens with one attached hydrogen (secondary N) is 2. The number of benzene rings is 3. The number of hydrogen-bond donors (Lipinski definition) is 2. The van der Waals surface area contributed by atoms with Gasteiger partial charge in [0, 0.05) is 29.1 Å². The molecule has 0 bridgehead atoms. The average molecular weight is 578 g/mol. The highest BCUT2D eigenvalue weighted by Gasteiger charge is 2.36. The number of para-hydroxylation sites is 1. The van der Waals surface area contributed by atoms with Gasteiger partial charge in [-0.25, -0.2) is 26.8 Å². The van der Waals surface area contributed by atoms with E-state index in [1.54, 1.807) is 26.0 Å². The zero-order chi connectivity index (χ0) is 28.7. The number of carbonyl (C=O) groups is 1. The molecule has 0 saturated heterocycles. The fraction of sp³-hybridized carbons (Fsp3) is 0.179. The molecule has 1 aliphatic rings. The van der Waals surface area contributed by atoms with Gasteiger partial charge in [0.2, 0.25) is 0 Å². The second kappa shape index (κ2) is 10.4. The van der Waals surface area contributed by atoms with Crippen LogP contribution < -0.4 is 14.3 Å². The van der Waals surface area contributed by atoms with Crippen molar-refractivity contribution in [3.05, 3.63) is 102 Å². The van der Waals surface area contributed by atoms with E-state index in [2.05, 4.69) is 20.0 Å².